The highest BCUT2D eigenvalue weighted by molar-refractivity contribution is 6.25. The van der Waals surface area contributed by atoms with Crippen molar-refractivity contribution < 1.29 is 8.78 Å². The average Bonchev–Trinajstić information content (AvgIpc) is 2.62. The summed E-state index contributed by atoms with van der Waals surface area (Å²) in [5, 5.41) is 6.59. The molecule has 113 valence electrons. The second-order valence-electron chi connectivity index (χ2n) is 5.99. The molecule has 1 radical (unpaired) electrons. The lowest BCUT2D eigenvalue weighted by molar-refractivity contribution is 0.510. The quantitative estimate of drug-likeness (QED) is 0.317. The van der Waals surface area contributed by atoms with Gasteiger partial charge in [0, 0.05) is 11.6 Å². The summed E-state index contributed by atoms with van der Waals surface area (Å²) in [5.74, 6) is -1.80. The second-order valence-corrected chi connectivity index (χ2v) is 5.99. The predicted octanol–water partition coefficient (Wildman–Crippen LogP) is 6.33. The Kier molecular flexibility index (Phi) is 2.66. The lowest BCUT2D eigenvalue weighted by atomic mass is 9.90. The standard InChI is InChI=1S/C22H11F2/c23-19-6-2-5-18(22(19)24)16-11-9-15-8-7-13-3-1-4-14-10-12-17(16)21(15)20(13)14/h1-5,7-12H. The smallest absolute Gasteiger partial charge is 0.167 e. The summed E-state index contributed by atoms with van der Waals surface area (Å²) < 4.78 is 27.9. The lowest BCUT2D eigenvalue weighted by Crippen LogP contribution is -1.92. The summed E-state index contributed by atoms with van der Waals surface area (Å²) in [6.45, 7) is 0. The van der Waals surface area contributed by atoms with E-state index in [9.17, 15) is 8.78 Å². The molecule has 5 rings (SSSR count). The van der Waals surface area contributed by atoms with Crippen molar-refractivity contribution in [3.8, 4) is 11.1 Å². The minimum atomic E-state index is -0.946. The molecule has 0 fully saturated rings. The zero-order chi connectivity index (χ0) is 16.3. The monoisotopic (exact) mass is 313 g/mol. The SMILES string of the molecule is Fc1[c]ccc(-c2ccc3ccc4cccc5ccc2c3c45)c1F. The lowest BCUT2D eigenvalue weighted by Gasteiger charge is -2.14. The van der Waals surface area contributed by atoms with Crippen LogP contribution in [0.5, 0.6) is 0 Å². The van der Waals surface area contributed by atoms with Crippen LogP contribution in [0.25, 0.3) is 43.4 Å². The maximum atomic E-state index is 14.3. The fourth-order valence-electron chi connectivity index (χ4n) is 3.63. The number of benzene rings is 5. The van der Waals surface area contributed by atoms with E-state index in [4.69, 9.17) is 0 Å². The van der Waals surface area contributed by atoms with E-state index in [2.05, 4.69) is 30.3 Å². The van der Waals surface area contributed by atoms with Crippen molar-refractivity contribution in [1.29, 1.82) is 0 Å². The highest BCUT2D eigenvalue weighted by Gasteiger charge is 2.15. The summed E-state index contributed by atoms with van der Waals surface area (Å²) in [5.41, 5.74) is 0.968. The van der Waals surface area contributed by atoms with E-state index in [0.717, 1.165) is 32.3 Å². The van der Waals surface area contributed by atoms with Gasteiger partial charge in [-0.15, -0.1) is 0 Å². The van der Waals surface area contributed by atoms with Gasteiger partial charge in [-0.1, -0.05) is 66.7 Å². The van der Waals surface area contributed by atoms with Gasteiger partial charge in [-0.25, -0.2) is 8.78 Å². The molecule has 5 aromatic carbocycles. The Morgan fingerprint density at radius 1 is 0.625 bits per heavy atom. The minimum Gasteiger partial charge on any atom is -0.203 e. The third kappa shape index (κ3) is 1.71. The molecule has 0 saturated heterocycles. The number of rotatable bonds is 1. The summed E-state index contributed by atoms with van der Waals surface area (Å²) in [6.07, 6.45) is 0. The van der Waals surface area contributed by atoms with E-state index in [0.29, 0.717) is 5.56 Å². The fourth-order valence-corrected chi connectivity index (χ4v) is 3.63. The highest BCUT2D eigenvalue weighted by atomic mass is 19.2. The summed E-state index contributed by atoms with van der Waals surface area (Å²) in [4.78, 5) is 0. The summed E-state index contributed by atoms with van der Waals surface area (Å²) in [7, 11) is 0. The van der Waals surface area contributed by atoms with E-state index in [-0.39, 0.29) is 5.56 Å². The molecular formula is C22H11F2. The molecule has 0 aliphatic heterocycles. The van der Waals surface area contributed by atoms with E-state index in [1.165, 1.54) is 6.07 Å². The van der Waals surface area contributed by atoms with Crippen LogP contribution in [0.3, 0.4) is 0 Å². The molecule has 0 bridgehead atoms. The van der Waals surface area contributed by atoms with Gasteiger partial charge in [0.25, 0.3) is 0 Å². The third-order valence-electron chi connectivity index (χ3n) is 4.71. The number of hydrogen-bond donors (Lipinski definition) is 0. The van der Waals surface area contributed by atoms with Gasteiger partial charge in [0.1, 0.15) is 0 Å². The molecule has 0 spiro atoms. The third-order valence-corrected chi connectivity index (χ3v) is 4.71. The Balaban J connectivity index is 1.99. The van der Waals surface area contributed by atoms with Gasteiger partial charge in [-0.3, -0.25) is 0 Å². The van der Waals surface area contributed by atoms with E-state index in [1.807, 2.05) is 30.3 Å². The Bertz CT molecular complexity index is 1210. The summed E-state index contributed by atoms with van der Waals surface area (Å²) >= 11 is 0. The van der Waals surface area contributed by atoms with E-state index < -0.39 is 11.6 Å². The second kappa shape index (κ2) is 4.75. The van der Waals surface area contributed by atoms with Gasteiger partial charge in [0.2, 0.25) is 0 Å². The van der Waals surface area contributed by atoms with Crippen LogP contribution in [0.4, 0.5) is 8.78 Å². The van der Waals surface area contributed by atoms with Crippen molar-refractivity contribution in [3.63, 3.8) is 0 Å². The highest BCUT2D eigenvalue weighted by Crippen LogP contribution is 2.39. The molecule has 0 aromatic heterocycles. The Morgan fingerprint density at radius 3 is 2.08 bits per heavy atom. The fraction of sp³-hybridized carbons (Fsp3) is 0. The number of halogens is 2. The van der Waals surface area contributed by atoms with Gasteiger partial charge in [0.05, 0.1) is 0 Å². The van der Waals surface area contributed by atoms with Crippen molar-refractivity contribution in [2.75, 3.05) is 0 Å². The number of hydrogen-bond acceptors (Lipinski definition) is 0. The molecule has 0 amide bonds. The Labute approximate surface area is 137 Å². The molecule has 0 heterocycles. The van der Waals surface area contributed by atoms with Gasteiger partial charge < -0.3 is 0 Å². The van der Waals surface area contributed by atoms with Crippen molar-refractivity contribution in [3.05, 3.63) is 84.4 Å². The van der Waals surface area contributed by atoms with Crippen molar-refractivity contribution in [2.45, 2.75) is 0 Å². The van der Waals surface area contributed by atoms with Crippen LogP contribution in [0.1, 0.15) is 0 Å². The molecule has 2 heteroatoms. The predicted molar refractivity (Wildman–Crippen MR) is 94.3 cm³/mol. The van der Waals surface area contributed by atoms with Crippen LogP contribution in [0, 0.1) is 17.7 Å². The normalized spacial score (nSPS) is 11.8. The first kappa shape index (κ1) is 13.4. The topological polar surface area (TPSA) is 0 Å². The maximum absolute atomic E-state index is 14.3. The maximum Gasteiger partial charge on any atom is 0.167 e. The first-order valence-electron chi connectivity index (χ1n) is 7.76. The van der Waals surface area contributed by atoms with Crippen LogP contribution in [-0.2, 0) is 0 Å². The largest absolute Gasteiger partial charge is 0.203 e. The molecule has 0 aliphatic rings. The first-order valence-corrected chi connectivity index (χ1v) is 7.76. The molecular weight excluding hydrogens is 302 g/mol. The van der Waals surface area contributed by atoms with Crippen LogP contribution < -0.4 is 0 Å². The average molecular weight is 313 g/mol. The van der Waals surface area contributed by atoms with E-state index in [1.54, 1.807) is 6.07 Å². The van der Waals surface area contributed by atoms with Gasteiger partial charge >= 0.3 is 0 Å². The molecule has 0 atom stereocenters. The molecule has 0 aliphatic carbocycles. The molecule has 0 unspecified atom stereocenters. The summed E-state index contributed by atoms with van der Waals surface area (Å²) in [6, 6.07) is 23.5. The van der Waals surface area contributed by atoms with Crippen LogP contribution in [0.2, 0.25) is 0 Å². The molecule has 0 saturated carbocycles. The van der Waals surface area contributed by atoms with Crippen molar-refractivity contribution >= 4 is 32.3 Å². The zero-order valence-electron chi connectivity index (χ0n) is 12.6. The molecule has 5 aromatic rings. The Hall–Kier alpha value is -3.00. The van der Waals surface area contributed by atoms with Crippen LogP contribution >= 0.6 is 0 Å². The van der Waals surface area contributed by atoms with Crippen LogP contribution in [0.15, 0.2) is 66.7 Å². The molecule has 0 N–H and O–H groups in total. The van der Waals surface area contributed by atoms with Crippen LogP contribution in [-0.4, -0.2) is 0 Å². The molecule has 0 nitrogen and oxygen atoms in total. The minimum absolute atomic E-state index is 0.268. The zero-order valence-corrected chi connectivity index (χ0v) is 12.6. The van der Waals surface area contributed by atoms with Crippen molar-refractivity contribution in [1.82, 2.24) is 0 Å². The van der Waals surface area contributed by atoms with E-state index >= 15 is 0 Å². The molecule has 24 heavy (non-hydrogen) atoms. The first-order chi connectivity index (χ1) is 11.7. The van der Waals surface area contributed by atoms with Gasteiger partial charge in [0.15, 0.2) is 11.6 Å². The Morgan fingerprint density at radius 2 is 1.29 bits per heavy atom. The van der Waals surface area contributed by atoms with Gasteiger partial charge in [-0.05, 0) is 37.9 Å². The van der Waals surface area contributed by atoms with Crippen molar-refractivity contribution in [2.24, 2.45) is 0 Å². The van der Waals surface area contributed by atoms with Gasteiger partial charge in [-0.2, -0.15) is 0 Å².